The topological polar surface area (TPSA) is 101 Å². The van der Waals surface area contributed by atoms with Crippen molar-refractivity contribution in [2.75, 3.05) is 0 Å². The van der Waals surface area contributed by atoms with Gasteiger partial charge in [0.15, 0.2) is 0 Å². The van der Waals surface area contributed by atoms with E-state index < -0.39 is 29.2 Å². The zero-order valence-corrected chi connectivity index (χ0v) is 10.8. The Labute approximate surface area is 115 Å². The van der Waals surface area contributed by atoms with Gasteiger partial charge in [-0.1, -0.05) is 12.1 Å². The predicted molar refractivity (Wildman–Crippen MR) is 67.4 cm³/mol. The maximum absolute atomic E-state index is 11.5. The Hall–Kier alpha value is -2.37. The highest BCUT2D eigenvalue weighted by molar-refractivity contribution is 5.86. The van der Waals surface area contributed by atoms with E-state index in [0.717, 1.165) is 0 Å². The van der Waals surface area contributed by atoms with Crippen LogP contribution in [0.4, 0.5) is 0 Å². The standard InChI is InChI=1S/C14H14O6/c1-8(15)20-11-4-2-10(3-5-11)14(13(18)19)6-9(7-14)12(16)17/h2-5,9H,6-7H2,1H3,(H,16,17)(H,18,19). The van der Waals surface area contributed by atoms with E-state index in [-0.39, 0.29) is 12.8 Å². The number of carboxylic acids is 2. The van der Waals surface area contributed by atoms with Crippen LogP contribution in [-0.4, -0.2) is 28.1 Å². The molecule has 6 nitrogen and oxygen atoms in total. The fraction of sp³-hybridized carbons (Fsp3) is 0.357. The van der Waals surface area contributed by atoms with Crippen molar-refractivity contribution in [3.63, 3.8) is 0 Å². The number of carbonyl (C=O) groups excluding carboxylic acids is 1. The van der Waals surface area contributed by atoms with Gasteiger partial charge in [-0.3, -0.25) is 14.4 Å². The summed E-state index contributed by atoms with van der Waals surface area (Å²) in [7, 11) is 0. The molecule has 0 unspecified atom stereocenters. The summed E-state index contributed by atoms with van der Waals surface area (Å²) in [6.45, 7) is 1.27. The van der Waals surface area contributed by atoms with Crippen LogP contribution in [0.5, 0.6) is 5.75 Å². The summed E-state index contributed by atoms with van der Waals surface area (Å²) in [5.74, 6) is -2.76. The van der Waals surface area contributed by atoms with E-state index in [1.165, 1.54) is 19.1 Å². The molecule has 6 heteroatoms. The molecule has 0 bridgehead atoms. The van der Waals surface area contributed by atoms with Crippen LogP contribution >= 0.6 is 0 Å². The number of carbonyl (C=O) groups is 3. The van der Waals surface area contributed by atoms with Crippen LogP contribution < -0.4 is 4.74 Å². The number of ether oxygens (including phenoxy) is 1. The lowest BCUT2D eigenvalue weighted by molar-refractivity contribution is -0.157. The Bertz CT molecular complexity index is 554. The largest absolute Gasteiger partial charge is 0.481 e. The number of hydrogen-bond donors (Lipinski definition) is 2. The molecule has 1 aliphatic rings. The molecule has 1 aromatic rings. The third kappa shape index (κ3) is 2.36. The third-order valence-electron chi connectivity index (χ3n) is 3.62. The van der Waals surface area contributed by atoms with E-state index in [0.29, 0.717) is 11.3 Å². The van der Waals surface area contributed by atoms with E-state index in [1.54, 1.807) is 12.1 Å². The Morgan fingerprint density at radius 2 is 1.70 bits per heavy atom. The molecule has 2 rings (SSSR count). The molecule has 0 heterocycles. The zero-order chi connectivity index (χ0) is 14.9. The third-order valence-corrected chi connectivity index (χ3v) is 3.62. The van der Waals surface area contributed by atoms with Gasteiger partial charge < -0.3 is 14.9 Å². The Balaban J connectivity index is 2.22. The summed E-state index contributed by atoms with van der Waals surface area (Å²) >= 11 is 0. The minimum absolute atomic E-state index is 0.0740. The highest BCUT2D eigenvalue weighted by Gasteiger charge is 2.54. The Kier molecular flexibility index (Phi) is 3.48. The summed E-state index contributed by atoms with van der Waals surface area (Å²) in [6, 6.07) is 6.14. The van der Waals surface area contributed by atoms with Crippen molar-refractivity contribution in [1.29, 1.82) is 0 Å². The zero-order valence-electron chi connectivity index (χ0n) is 10.8. The van der Waals surface area contributed by atoms with E-state index in [9.17, 15) is 19.5 Å². The van der Waals surface area contributed by atoms with Gasteiger partial charge in [-0.2, -0.15) is 0 Å². The van der Waals surface area contributed by atoms with Gasteiger partial charge in [-0.25, -0.2) is 0 Å². The van der Waals surface area contributed by atoms with E-state index in [4.69, 9.17) is 9.84 Å². The average Bonchev–Trinajstić information content (AvgIpc) is 2.28. The molecule has 0 amide bonds. The fourth-order valence-electron chi connectivity index (χ4n) is 2.50. The summed E-state index contributed by atoms with van der Waals surface area (Å²) in [5, 5.41) is 18.3. The van der Waals surface area contributed by atoms with Gasteiger partial charge in [0.25, 0.3) is 0 Å². The van der Waals surface area contributed by atoms with Crippen molar-refractivity contribution in [2.24, 2.45) is 5.92 Å². The quantitative estimate of drug-likeness (QED) is 0.638. The van der Waals surface area contributed by atoms with Gasteiger partial charge in [0.1, 0.15) is 5.75 Å². The molecule has 0 radical (unpaired) electrons. The second-order valence-electron chi connectivity index (χ2n) is 4.95. The van der Waals surface area contributed by atoms with Crippen LogP contribution in [0, 0.1) is 5.92 Å². The average molecular weight is 278 g/mol. The van der Waals surface area contributed by atoms with Crippen molar-refractivity contribution in [2.45, 2.75) is 25.2 Å². The molecule has 1 aliphatic carbocycles. The molecular formula is C14H14O6. The molecule has 1 saturated carbocycles. The van der Waals surface area contributed by atoms with Crippen molar-refractivity contribution in [3.8, 4) is 5.75 Å². The predicted octanol–water partition coefficient (Wildman–Crippen LogP) is 1.43. The first-order valence-corrected chi connectivity index (χ1v) is 6.10. The van der Waals surface area contributed by atoms with E-state index in [1.807, 2.05) is 0 Å². The summed E-state index contributed by atoms with van der Waals surface area (Å²) in [4.78, 5) is 33.1. The Morgan fingerprint density at radius 3 is 2.10 bits per heavy atom. The molecule has 0 aliphatic heterocycles. The smallest absolute Gasteiger partial charge is 0.314 e. The van der Waals surface area contributed by atoms with Crippen molar-refractivity contribution in [1.82, 2.24) is 0 Å². The molecule has 0 saturated heterocycles. The molecule has 0 aromatic heterocycles. The minimum Gasteiger partial charge on any atom is -0.481 e. The first-order chi connectivity index (χ1) is 9.35. The minimum atomic E-state index is -1.15. The lowest BCUT2D eigenvalue weighted by Gasteiger charge is -2.42. The van der Waals surface area contributed by atoms with Crippen LogP contribution in [0.1, 0.15) is 25.3 Å². The maximum atomic E-state index is 11.5. The van der Waals surface area contributed by atoms with Crippen molar-refractivity contribution in [3.05, 3.63) is 29.8 Å². The number of aliphatic carboxylic acids is 2. The molecule has 0 spiro atoms. The molecule has 0 atom stereocenters. The summed E-state index contributed by atoms with van der Waals surface area (Å²) in [6.07, 6.45) is 0.148. The number of carboxylic acid groups (broad SMARTS) is 2. The highest BCUT2D eigenvalue weighted by Crippen LogP contribution is 2.48. The normalized spacial score (nSPS) is 24.6. The second kappa shape index (κ2) is 4.96. The van der Waals surface area contributed by atoms with Gasteiger partial charge in [0, 0.05) is 6.92 Å². The first kappa shape index (κ1) is 14.0. The lowest BCUT2D eigenvalue weighted by Crippen LogP contribution is -2.50. The van der Waals surface area contributed by atoms with Crippen LogP contribution in [0.3, 0.4) is 0 Å². The maximum Gasteiger partial charge on any atom is 0.314 e. The van der Waals surface area contributed by atoms with Gasteiger partial charge in [-0.05, 0) is 30.5 Å². The summed E-state index contributed by atoms with van der Waals surface area (Å²) < 4.78 is 4.87. The van der Waals surface area contributed by atoms with Gasteiger partial charge in [0.05, 0.1) is 11.3 Å². The van der Waals surface area contributed by atoms with Gasteiger partial charge >= 0.3 is 17.9 Å². The second-order valence-corrected chi connectivity index (χ2v) is 4.95. The van der Waals surface area contributed by atoms with E-state index >= 15 is 0 Å². The molecule has 1 fully saturated rings. The van der Waals surface area contributed by atoms with Crippen molar-refractivity contribution < 1.29 is 29.3 Å². The van der Waals surface area contributed by atoms with Crippen LogP contribution in [0.25, 0.3) is 0 Å². The molecule has 2 N–H and O–H groups in total. The number of hydrogen-bond acceptors (Lipinski definition) is 4. The number of benzene rings is 1. The number of rotatable bonds is 4. The number of esters is 1. The Morgan fingerprint density at radius 1 is 1.15 bits per heavy atom. The molecule has 20 heavy (non-hydrogen) atoms. The van der Waals surface area contributed by atoms with Gasteiger partial charge in [-0.15, -0.1) is 0 Å². The summed E-state index contributed by atoms with van der Waals surface area (Å²) in [5.41, 5.74) is -0.629. The highest BCUT2D eigenvalue weighted by atomic mass is 16.5. The van der Waals surface area contributed by atoms with Gasteiger partial charge in [0.2, 0.25) is 0 Å². The monoisotopic (exact) mass is 278 g/mol. The molecular weight excluding hydrogens is 264 g/mol. The first-order valence-electron chi connectivity index (χ1n) is 6.10. The van der Waals surface area contributed by atoms with Crippen molar-refractivity contribution >= 4 is 17.9 Å². The fourth-order valence-corrected chi connectivity index (χ4v) is 2.50. The SMILES string of the molecule is CC(=O)Oc1ccc(C2(C(=O)O)CC(C(=O)O)C2)cc1. The van der Waals surface area contributed by atoms with E-state index in [2.05, 4.69) is 0 Å². The van der Waals surface area contributed by atoms with Crippen LogP contribution in [-0.2, 0) is 19.8 Å². The molecule has 1 aromatic carbocycles. The van der Waals surface area contributed by atoms with Crippen LogP contribution in [0.15, 0.2) is 24.3 Å². The van der Waals surface area contributed by atoms with Crippen LogP contribution in [0.2, 0.25) is 0 Å². The molecule has 106 valence electrons. The lowest BCUT2D eigenvalue weighted by atomic mass is 9.58.